The Morgan fingerprint density at radius 2 is 2.12 bits per heavy atom. The zero-order chi connectivity index (χ0) is 17.7. The van der Waals surface area contributed by atoms with Crippen molar-refractivity contribution in [2.45, 2.75) is 13.0 Å². The van der Waals surface area contributed by atoms with Crippen LogP contribution in [0.5, 0.6) is 0 Å². The standard InChI is InChI=1S/C19H17N5OS/c1-23-19-13(17(22-23)12-5-3-2-4-6-12)9-16(26-19)18(25)24-8-7-14-15(10-24)21-11-20-14/h2-6,9,11H,7-8,10H2,1H3,(H,20,21). The van der Waals surface area contributed by atoms with E-state index in [2.05, 4.69) is 15.1 Å². The molecule has 5 rings (SSSR count). The van der Waals surface area contributed by atoms with Crippen LogP contribution in [0.1, 0.15) is 21.1 Å². The number of hydrogen-bond acceptors (Lipinski definition) is 4. The highest BCUT2D eigenvalue weighted by molar-refractivity contribution is 7.20. The number of thiophene rings is 1. The normalized spacial score (nSPS) is 14.0. The van der Waals surface area contributed by atoms with Crippen LogP contribution >= 0.6 is 11.3 Å². The van der Waals surface area contributed by atoms with Crippen LogP contribution < -0.4 is 0 Å². The smallest absolute Gasteiger partial charge is 0.264 e. The van der Waals surface area contributed by atoms with Gasteiger partial charge in [0.25, 0.3) is 5.91 Å². The summed E-state index contributed by atoms with van der Waals surface area (Å²) in [5.74, 6) is 0.0745. The molecule has 7 heteroatoms. The zero-order valence-electron chi connectivity index (χ0n) is 14.3. The van der Waals surface area contributed by atoms with Gasteiger partial charge in [-0.1, -0.05) is 30.3 Å². The van der Waals surface area contributed by atoms with Gasteiger partial charge in [-0.15, -0.1) is 11.3 Å². The molecule has 1 N–H and O–H groups in total. The fourth-order valence-corrected chi connectivity index (χ4v) is 4.54. The van der Waals surface area contributed by atoms with Crippen LogP contribution in [0.25, 0.3) is 21.5 Å². The largest absolute Gasteiger partial charge is 0.347 e. The van der Waals surface area contributed by atoms with Crippen LogP contribution in [0, 0.1) is 0 Å². The number of aromatic nitrogens is 4. The summed E-state index contributed by atoms with van der Waals surface area (Å²) in [5, 5.41) is 5.68. The molecule has 4 heterocycles. The van der Waals surface area contributed by atoms with Crippen LogP contribution in [-0.4, -0.2) is 37.1 Å². The first-order valence-corrected chi connectivity index (χ1v) is 9.34. The number of fused-ring (bicyclic) bond motifs is 2. The summed E-state index contributed by atoms with van der Waals surface area (Å²) in [6.07, 6.45) is 2.50. The minimum Gasteiger partial charge on any atom is -0.347 e. The van der Waals surface area contributed by atoms with Gasteiger partial charge in [-0.05, 0) is 6.07 Å². The Morgan fingerprint density at radius 1 is 1.27 bits per heavy atom. The molecule has 1 amide bonds. The fourth-order valence-electron chi connectivity index (χ4n) is 3.50. The molecule has 1 aliphatic heterocycles. The molecule has 0 aliphatic carbocycles. The second kappa shape index (κ2) is 5.81. The van der Waals surface area contributed by atoms with Gasteiger partial charge in [-0.25, -0.2) is 4.98 Å². The Morgan fingerprint density at radius 3 is 2.96 bits per heavy atom. The maximum absolute atomic E-state index is 13.0. The van der Waals surface area contributed by atoms with E-state index in [0.29, 0.717) is 13.1 Å². The van der Waals surface area contributed by atoms with E-state index in [1.165, 1.54) is 11.3 Å². The molecular weight excluding hydrogens is 346 g/mol. The summed E-state index contributed by atoms with van der Waals surface area (Å²) < 4.78 is 1.86. The Labute approximate surface area is 154 Å². The highest BCUT2D eigenvalue weighted by Gasteiger charge is 2.26. The third-order valence-corrected chi connectivity index (χ3v) is 6.02. The van der Waals surface area contributed by atoms with Crippen molar-refractivity contribution in [1.29, 1.82) is 0 Å². The van der Waals surface area contributed by atoms with Crippen molar-refractivity contribution in [2.24, 2.45) is 7.05 Å². The van der Waals surface area contributed by atoms with Gasteiger partial charge in [0.15, 0.2) is 0 Å². The molecule has 0 unspecified atom stereocenters. The first-order valence-electron chi connectivity index (χ1n) is 8.53. The van der Waals surface area contributed by atoms with Crippen molar-refractivity contribution < 1.29 is 4.79 Å². The molecule has 0 atom stereocenters. The highest BCUT2D eigenvalue weighted by Crippen LogP contribution is 2.34. The van der Waals surface area contributed by atoms with E-state index in [4.69, 9.17) is 0 Å². The molecule has 1 aromatic carbocycles. The van der Waals surface area contributed by atoms with Crippen molar-refractivity contribution >= 4 is 27.5 Å². The Hall–Kier alpha value is -2.93. The van der Waals surface area contributed by atoms with Gasteiger partial charge in [0.2, 0.25) is 0 Å². The van der Waals surface area contributed by atoms with Gasteiger partial charge in [0.05, 0.1) is 29.1 Å². The van der Waals surface area contributed by atoms with Crippen molar-refractivity contribution in [3.05, 3.63) is 59.0 Å². The lowest BCUT2D eigenvalue weighted by Crippen LogP contribution is -2.35. The van der Waals surface area contributed by atoms with E-state index < -0.39 is 0 Å². The zero-order valence-corrected chi connectivity index (χ0v) is 15.1. The predicted molar refractivity (Wildman–Crippen MR) is 101 cm³/mol. The van der Waals surface area contributed by atoms with Crippen LogP contribution in [0.15, 0.2) is 42.7 Å². The van der Waals surface area contributed by atoms with Gasteiger partial charge < -0.3 is 9.88 Å². The minimum absolute atomic E-state index is 0.0745. The van der Waals surface area contributed by atoms with Gasteiger partial charge in [-0.3, -0.25) is 9.48 Å². The molecule has 6 nitrogen and oxygen atoms in total. The maximum Gasteiger partial charge on any atom is 0.264 e. The van der Waals surface area contributed by atoms with Gasteiger partial charge in [0, 0.05) is 31.0 Å². The lowest BCUT2D eigenvalue weighted by atomic mass is 10.1. The van der Waals surface area contributed by atoms with E-state index >= 15 is 0 Å². The molecule has 130 valence electrons. The summed E-state index contributed by atoms with van der Waals surface area (Å²) in [5.41, 5.74) is 4.10. The minimum atomic E-state index is 0.0745. The molecular formula is C19H17N5OS. The topological polar surface area (TPSA) is 66.8 Å². The summed E-state index contributed by atoms with van der Waals surface area (Å²) in [7, 11) is 1.93. The predicted octanol–water partition coefficient (Wildman–Crippen LogP) is 3.22. The van der Waals surface area contributed by atoms with Crippen molar-refractivity contribution in [2.75, 3.05) is 6.54 Å². The fraction of sp³-hybridized carbons (Fsp3) is 0.211. The first kappa shape index (κ1) is 15.3. The number of benzene rings is 1. The summed E-state index contributed by atoms with van der Waals surface area (Å²) in [6, 6.07) is 12.1. The number of imidazole rings is 1. The van der Waals surface area contributed by atoms with Crippen molar-refractivity contribution in [1.82, 2.24) is 24.6 Å². The van der Waals surface area contributed by atoms with Crippen LogP contribution in [-0.2, 0) is 20.0 Å². The SMILES string of the molecule is Cn1nc(-c2ccccc2)c2cc(C(=O)N3CCc4nc[nH]c4C3)sc21. The van der Waals surface area contributed by atoms with E-state index in [1.54, 1.807) is 6.33 Å². The molecule has 1 aliphatic rings. The Kier molecular flexibility index (Phi) is 3.43. The number of H-pyrrole nitrogens is 1. The molecule has 3 aromatic heterocycles. The van der Waals surface area contributed by atoms with Crippen LogP contribution in [0.4, 0.5) is 0 Å². The summed E-state index contributed by atoms with van der Waals surface area (Å²) in [6.45, 7) is 1.29. The third kappa shape index (κ3) is 2.35. The third-order valence-electron chi connectivity index (χ3n) is 4.83. The van der Waals surface area contributed by atoms with Gasteiger partial charge in [0.1, 0.15) is 10.5 Å². The van der Waals surface area contributed by atoms with Crippen molar-refractivity contribution in [3.63, 3.8) is 0 Å². The number of aromatic amines is 1. The Bertz CT molecular complexity index is 1110. The van der Waals surface area contributed by atoms with Gasteiger partial charge >= 0.3 is 0 Å². The number of carbonyl (C=O) groups is 1. The van der Waals surface area contributed by atoms with E-state index in [-0.39, 0.29) is 5.91 Å². The molecule has 0 spiro atoms. The van der Waals surface area contributed by atoms with Crippen LogP contribution in [0.2, 0.25) is 0 Å². The molecule has 26 heavy (non-hydrogen) atoms. The molecule has 4 aromatic rings. The summed E-state index contributed by atoms with van der Waals surface area (Å²) in [4.78, 5) is 24.1. The number of rotatable bonds is 2. The maximum atomic E-state index is 13.0. The lowest BCUT2D eigenvalue weighted by Gasteiger charge is -2.25. The summed E-state index contributed by atoms with van der Waals surface area (Å²) >= 11 is 1.51. The highest BCUT2D eigenvalue weighted by atomic mass is 32.1. The quantitative estimate of drug-likeness (QED) is 0.595. The molecule has 0 saturated carbocycles. The van der Waals surface area contributed by atoms with Gasteiger partial charge in [-0.2, -0.15) is 5.10 Å². The molecule has 0 bridgehead atoms. The van der Waals surface area contributed by atoms with E-state index in [9.17, 15) is 4.79 Å². The lowest BCUT2D eigenvalue weighted by molar-refractivity contribution is 0.0737. The number of nitrogens with one attached hydrogen (secondary N) is 1. The second-order valence-corrected chi connectivity index (χ2v) is 7.50. The number of carbonyl (C=O) groups excluding carboxylic acids is 1. The van der Waals surface area contributed by atoms with E-state index in [0.717, 1.165) is 44.2 Å². The number of nitrogens with zero attached hydrogens (tertiary/aromatic N) is 4. The van der Waals surface area contributed by atoms with E-state index in [1.807, 2.05) is 53.0 Å². The first-order chi connectivity index (χ1) is 12.7. The monoisotopic (exact) mass is 363 g/mol. The van der Waals surface area contributed by atoms with Crippen LogP contribution in [0.3, 0.4) is 0 Å². The molecule has 0 radical (unpaired) electrons. The molecule has 0 fully saturated rings. The second-order valence-electron chi connectivity index (χ2n) is 6.47. The number of amides is 1. The molecule has 0 saturated heterocycles. The van der Waals surface area contributed by atoms with Crippen molar-refractivity contribution in [3.8, 4) is 11.3 Å². The average molecular weight is 363 g/mol. The number of aryl methyl sites for hydroxylation is 1. The number of hydrogen-bond donors (Lipinski definition) is 1. The average Bonchev–Trinajstić information content (AvgIpc) is 3.37. The Balaban J connectivity index is 1.51.